The fourth-order valence-electron chi connectivity index (χ4n) is 2.25. The van der Waals surface area contributed by atoms with Gasteiger partial charge in [-0.1, -0.05) is 35.3 Å². The highest BCUT2D eigenvalue weighted by Gasteiger charge is 2.15. The standard InChI is InChI=1S/C18H16Cl2F2N4O/c1-24-18(25-9-12-4-2-11(8-23)3-5-12)26-10-13-6-14(19)7-15(20)16(13)27-17(21)22/h2-7,17H,9-10H2,1H3,(H2,24,25,26). The van der Waals surface area contributed by atoms with Crippen LogP contribution in [0.2, 0.25) is 10.0 Å². The zero-order valence-corrected chi connectivity index (χ0v) is 15.8. The number of alkyl halides is 2. The van der Waals surface area contributed by atoms with Crippen LogP contribution in [0.1, 0.15) is 16.7 Å². The van der Waals surface area contributed by atoms with Gasteiger partial charge in [0.2, 0.25) is 0 Å². The zero-order valence-electron chi connectivity index (χ0n) is 14.3. The minimum absolute atomic E-state index is 0.000119. The molecule has 0 aliphatic heterocycles. The van der Waals surface area contributed by atoms with Gasteiger partial charge in [-0.25, -0.2) is 0 Å². The van der Waals surface area contributed by atoms with Gasteiger partial charge in [-0.3, -0.25) is 4.99 Å². The fraction of sp³-hybridized carbons (Fsp3) is 0.222. The molecule has 0 aliphatic carbocycles. The van der Waals surface area contributed by atoms with Crippen LogP contribution >= 0.6 is 23.2 Å². The van der Waals surface area contributed by atoms with Crippen LogP contribution in [-0.4, -0.2) is 19.6 Å². The second-order valence-electron chi connectivity index (χ2n) is 5.34. The molecule has 0 saturated carbocycles. The van der Waals surface area contributed by atoms with Gasteiger partial charge in [-0.2, -0.15) is 14.0 Å². The van der Waals surface area contributed by atoms with Crippen molar-refractivity contribution in [1.82, 2.24) is 10.6 Å². The van der Waals surface area contributed by atoms with Gasteiger partial charge in [0.1, 0.15) is 5.75 Å². The van der Waals surface area contributed by atoms with Crippen molar-refractivity contribution in [3.8, 4) is 11.8 Å². The van der Waals surface area contributed by atoms with E-state index < -0.39 is 6.61 Å². The highest BCUT2D eigenvalue weighted by molar-refractivity contribution is 6.35. The molecule has 27 heavy (non-hydrogen) atoms. The topological polar surface area (TPSA) is 69.4 Å². The lowest BCUT2D eigenvalue weighted by molar-refractivity contribution is -0.0504. The van der Waals surface area contributed by atoms with E-state index in [0.717, 1.165) is 5.56 Å². The summed E-state index contributed by atoms with van der Waals surface area (Å²) >= 11 is 11.9. The van der Waals surface area contributed by atoms with Gasteiger partial charge in [0.15, 0.2) is 5.96 Å². The number of hydrogen-bond acceptors (Lipinski definition) is 3. The third kappa shape index (κ3) is 6.27. The molecule has 0 saturated heterocycles. The Bertz CT molecular complexity index is 852. The third-order valence-electron chi connectivity index (χ3n) is 3.51. The molecule has 142 valence electrons. The number of hydrogen-bond donors (Lipinski definition) is 2. The number of nitriles is 1. The van der Waals surface area contributed by atoms with E-state index in [-0.39, 0.29) is 17.3 Å². The van der Waals surface area contributed by atoms with Crippen molar-refractivity contribution >= 4 is 29.2 Å². The molecule has 2 rings (SSSR count). The minimum atomic E-state index is -3.00. The number of nitrogens with one attached hydrogen (secondary N) is 2. The Balaban J connectivity index is 2.02. The second kappa shape index (κ2) is 9.95. The Labute approximate surface area is 165 Å². The van der Waals surface area contributed by atoms with Gasteiger partial charge in [-0.05, 0) is 29.8 Å². The first-order valence-corrected chi connectivity index (χ1v) is 8.54. The highest BCUT2D eigenvalue weighted by Crippen LogP contribution is 2.33. The molecule has 5 nitrogen and oxygen atoms in total. The fourth-order valence-corrected chi connectivity index (χ4v) is 2.83. The summed E-state index contributed by atoms with van der Waals surface area (Å²) in [6.07, 6.45) is 0. The average molecular weight is 413 g/mol. The van der Waals surface area contributed by atoms with Crippen molar-refractivity contribution in [3.63, 3.8) is 0 Å². The van der Waals surface area contributed by atoms with E-state index in [1.165, 1.54) is 12.1 Å². The minimum Gasteiger partial charge on any atom is -0.433 e. The molecule has 9 heteroatoms. The summed E-state index contributed by atoms with van der Waals surface area (Å²) in [5, 5.41) is 15.2. The maximum Gasteiger partial charge on any atom is 0.387 e. The zero-order chi connectivity index (χ0) is 19.8. The van der Waals surface area contributed by atoms with E-state index >= 15 is 0 Å². The van der Waals surface area contributed by atoms with E-state index in [1.54, 1.807) is 19.2 Å². The SMILES string of the molecule is CN=C(NCc1ccc(C#N)cc1)NCc1cc(Cl)cc(Cl)c1OC(F)F. The van der Waals surface area contributed by atoms with Crippen LogP contribution in [0.3, 0.4) is 0 Å². The normalized spacial score (nSPS) is 11.2. The lowest BCUT2D eigenvalue weighted by atomic mass is 10.1. The van der Waals surface area contributed by atoms with Gasteiger partial charge < -0.3 is 15.4 Å². The summed E-state index contributed by atoms with van der Waals surface area (Å²) in [4.78, 5) is 4.07. The summed E-state index contributed by atoms with van der Waals surface area (Å²) < 4.78 is 29.7. The first kappa shape index (κ1) is 20.7. The van der Waals surface area contributed by atoms with Crippen LogP contribution in [-0.2, 0) is 13.1 Å². The number of aliphatic imine (C=N–C) groups is 1. The number of rotatable bonds is 6. The second-order valence-corrected chi connectivity index (χ2v) is 6.19. The predicted molar refractivity (Wildman–Crippen MR) is 101 cm³/mol. The van der Waals surface area contributed by atoms with Crippen molar-refractivity contribution in [3.05, 3.63) is 63.1 Å². The number of halogens is 4. The van der Waals surface area contributed by atoms with Gasteiger partial charge in [0.05, 0.1) is 16.7 Å². The first-order valence-electron chi connectivity index (χ1n) is 7.79. The molecule has 0 heterocycles. The Morgan fingerprint density at radius 1 is 1.19 bits per heavy atom. The monoisotopic (exact) mass is 412 g/mol. The molecule has 0 atom stereocenters. The number of ether oxygens (including phenoxy) is 1. The van der Waals surface area contributed by atoms with Gasteiger partial charge in [-0.15, -0.1) is 0 Å². The van der Waals surface area contributed by atoms with E-state index in [1.807, 2.05) is 12.1 Å². The van der Waals surface area contributed by atoms with Crippen molar-refractivity contribution in [2.24, 2.45) is 4.99 Å². The van der Waals surface area contributed by atoms with Crippen LogP contribution in [0.5, 0.6) is 5.75 Å². The quantitative estimate of drug-likeness (QED) is 0.547. The summed E-state index contributed by atoms with van der Waals surface area (Å²) in [6.45, 7) is -2.42. The molecule has 0 fully saturated rings. The van der Waals surface area contributed by atoms with Crippen LogP contribution in [0.4, 0.5) is 8.78 Å². The van der Waals surface area contributed by atoms with Crippen molar-refractivity contribution < 1.29 is 13.5 Å². The van der Waals surface area contributed by atoms with E-state index in [4.69, 9.17) is 28.5 Å². The summed E-state index contributed by atoms with van der Waals surface area (Å²) in [5.41, 5.74) is 1.89. The lowest BCUT2D eigenvalue weighted by Gasteiger charge is -2.16. The summed E-state index contributed by atoms with van der Waals surface area (Å²) in [5.74, 6) is 0.310. The highest BCUT2D eigenvalue weighted by atomic mass is 35.5. The van der Waals surface area contributed by atoms with Crippen LogP contribution < -0.4 is 15.4 Å². The van der Waals surface area contributed by atoms with Crippen molar-refractivity contribution in [2.45, 2.75) is 19.7 Å². The molecule has 0 spiro atoms. The molecule has 0 radical (unpaired) electrons. The molecular weight excluding hydrogens is 397 g/mol. The van der Waals surface area contributed by atoms with Gasteiger partial charge in [0.25, 0.3) is 0 Å². The van der Waals surface area contributed by atoms with Gasteiger partial charge >= 0.3 is 6.61 Å². The number of nitrogens with zero attached hydrogens (tertiary/aromatic N) is 2. The Morgan fingerprint density at radius 2 is 1.85 bits per heavy atom. The van der Waals surface area contributed by atoms with E-state index in [9.17, 15) is 8.78 Å². The largest absolute Gasteiger partial charge is 0.433 e. The van der Waals surface area contributed by atoms with Crippen LogP contribution in [0.15, 0.2) is 41.4 Å². The summed E-state index contributed by atoms with van der Waals surface area (Å²) in [7, 11) is 1.58. The molecule has 2 aromatic rings. The molecule has 2 aromatic carbocycles. The van der Waals surface area contributed by atoms with Crippen molar-refractivity contribution in [2.75, 3.05) is 7.05 Å². The predicted octanol–water partition coefficient (Wildman–Crippen LogP) is 4.33. The number of benzene rings is 2. The van der Waals surface area contributed by atoms with Crippen LogP contribution in [0, 0.1) is 11.3 Å². The third-order valence-corrected chi connectivity index (χ3v) is 4.00. The molecule has 0 aliphatic rings. The molecule has 2 N–H and O–H groups in total. The van der Waals surface area contributed by atoms with Crippen LogP contribution in [0.25, 0.3) is 0 Å². The number of guanidine groups is 1. The lowest BCUT2D eigenvalue weighted by Crippen LogP contribution is -2.36. The Hall–Kier alpha value is -2.56. The maximum absolute atomic E-state index is 12.6. The van der Waals surface area contributed by atoms with E-state index in [0.29, 0.717) is 28.7 Å². The Morgan fingerprint density at radius 3 is 2.44 bits per heavy atom. The Kier molecular flexibility index (Phi) is 7.65. The summed E-state index contributed by atoms with van der Waals surface area (Å²) in [6, 6.07) is 12.0. The smallest absolute Gasteiger partial charge is 0.387 e. The average Bonchev–Trinajstić information content (AvgIpc) is 2.64. The maximum atomic E-state index is 12.6. The molecule has 0 aromatic heterocycles. The molecule has 0 amide bonds. The van der Waals surface area contributed by atoms with E-state index in [2.05, 4.69) is 26.4 Å². The molecule has 0 bridgehead atoms. The van der Waals surface area contributed by atoms with Crippen molar-refractivity contribution in [1.29, 1.82) is 5.26 Å². The first-order chi connectivity index (χ1) is 12.9. The molecular formula is C18H16Cl2F2N4O. The van der Waals surface area contributed by atoms with Gasteiger partial charge in [0, 0.05) is 30.7 Å². The molecule has 0 unspecified atom stereocenters.